The summed E-state index contributed by atoms with van der Waals surface area (Å²) in [5, 5.41) is 2.80. The third kappa shape index (κ3) is 8.56. The molecule has 1 amide bonds. The minimum atomic E-state index is -0.846. The SMILES string of the molecule is COc1ccnc(C(=O)N[C@H]2CCC[C@H](CC3CCCCC3)[C@@H](OCC3CC3)[C@H](C)OC2=O)c1OCOC(C)=O. The molecule has 0 radical (unpaired) electrons. The lowest BCUT2D eigenvalue weighted by Crippen LogP contribution is -2.45. The van der Waals surface area contributed by atoms with E-state index in [2.05, 4.69) is 10.3 Å². The van der Waals surface area contributed by atoms with Gasteiger partial charge in [0.25, 0.3) is 5.91 Å². The number of ether oxygens (including phenoxy) is 5. The Labute approximate surface area is 236 Å². The highest BCUT2D eigenvalue weighted by Crippen LogP contribution is 2.37. The molecule has 10 nitrogen and oxygen atoms in total. The topological polar surface area (TPSA) is 122 Å². The number of aromatic nitrogens is 1. The predicted octanol–water partition coefficient (Wildman–Crippen LogP) is 4.59. The van der Waals surface area contributed by atoms with Crippen LogP contribution in [0.25, 0.3) is 0 Å². The van der Waals surface area contributed by atoms with Gasteiger partial charge in [0.05, 0.1) is 13.2 Å². The summed E-state index contributed by atoms with van der Waals surface area (Å²) in [4.78, 5) is 42.0. The summed E-state index contributed by atoms with van der Waals surface area (Å²) >= 11 is 0. The first kappa shape index (κ1) is 30.1. The molecular formula is C30H44N2O8. The highest BCUT2D eigenvalue weighted by Gasteiger charge is 2.37. The van der Waals surface area contributed by atoms with E-state index in [0.717, 1.165) is 19.3 Å². The van der Waals surface area contributed by atoms with E-state index in [1.54, 1.807) is 0 Å². The van der Waals surface area contributed by atoms with Crippen molar-refractivity contribution in [3.05, 3.63) is 18.0 Å². The number of nitrogens with zero attached hydrogens (tertiary/aromatic N) is 1. The van der Waals surface area contributed by atoms with Crippen LogP contribution in [0.2, 0.25) is 0 Å². The molecule has 0 aromatic carbocycles. The van der Waals surface area contributed by atoms with Gasteiger partial charge >= 0.3 is 11.9 Å². The third-order valence-corrected chi connectivity index (χ3v) is 8.24. The van der Waals surface area contributed by atoms with Crippen LogP contribution in [-0.2, 0) is 23.8 Å². The molecule has 0 spiro atoms. The first-order valence-electron chi connectivity index (χ1n) is 14.8. The number of esters is 2. The first-order valence-corrected chi connectivity index (χ1v) is 14.8. The van der Waals surface area contributed by atoms with E-state index >= 15 is 0 Å². The molecule has 3 aliphatic rings. The third-order valence-electron chi connectivity index (χ3n) is 8.24. The molecule has 3 fully saturated rings. The first-order chi connectivity index (χ1) is 19.4. The zero-order valence-electron chi connectivity index (χ0n) is 24.0. The minimum absolute atomic E-state index is 0.0228. The van der Waals surface area contributed by atoms with E-state index in [0.29, 0.717) is 30.8 Å². The lowest BCUT2D eigenvalue weighted by Gasteiger charge is -2.34. The second-order valence-electron chi connectivity index (χ2n) is 11.4. The summed E-state index contributed by atoms with van der Waals surface area (Å²) in [5.41, 5.74) is -0.0759. The number of nitrogens with one attached hydrogen (secondary N) is 1. The van der Waals surface area contributed by atoms with Crippen LogP contribution in [0.1, 0.15) is 95.0 Å². The van der Waals surface area contributed by atoms with Crippen LogP contribution in [0.5, 0.6) is 11.5 Å². The summed E-state index contributed by atoms with van der Waals surface area (Å²) in [6.45, 7) is 3.47. The Balaban J connectivity index is 1.46. The zero-order chi connectivity index (χ0) is 28.5. The summed E-state index contributed by atoms with van der Waals surface area (Å²) in [7, 11) is 1.43. The van der Waals surface area contributed by atoms with Gasteiger partial charge in [0.15, 0.2) is 17.2 Å². The number of hydrogen-bond donors (Lipinski definition) is 1. The molecule has 1 aromatic heterocycles. The van der Waals surface area contributed by atoms with Gasteiger partial charge in [-0.05, 0) is 56.8 Å². The van der Waals surface area contributed by atoms with Gasteiger partial charge < -0.3 is 29.0 Å². The summed E-state index contributed by atoms with van der Waals surface area (Å²) in [6.07, 6.45) is 12.8. The van der Waals surface area contributed by atoms with Gasteiger partial charge in [0, 0.05) is 25.8 Å². The number of carbonyl (C=O) groups is 3. The smallest absolute Gasteiger partial charge is 0.329 e. The fourth-order valence-corrected chi connectivity index (χ4v) is 5.91. The van der Waals surface area contributed by atoms with Crippen molar-refractivity contribution in [2.75, 3.05) is 20.5 Å². The molecule has 2 aliphatic carbocycles. The molecule has 40 heavy (non-hydrogen) atoms. The van der Waals surface area contributed by atoms with E-state index in [1.165, 1.54) is 71.2 Å². The Hall–Kier alpha value is -2.88. The van der Waals surface area contributed by atoms with Crippen LogP contribution in [0.3, 0.4) is 0 Å². The maximum absolute atomic E-state index is 13.3. The molecule has 1 aromatic rings. The monoisotopic (exact) mass is 560 g/mol. The Morgan fingerprint density at radius 2 is 1.82 bits per heavy atom. The van der Waals surface area contributed by atoms with Crippen molar-refractivity contribution in [3.63, 3.8) is 0 Å². The minimum Gasteiger partial charge on any atom is -0.493 e. The van der Waals surface area contributed by atoms with Crippen molar-refractivity contribution < 1.29 is 38.1 Å². The molecular weight excluding hydrogens is 516 g/mol. The fourth-order valence-electron chi connectivity index (χ4n) is 5.91. The number of methoxy groups -OCH3 is 1. The van der Waals surface area contributed by atoms with Crippen LogP contribution in [-0.4, -0.2) is 61.6 Å². The van der Waals surface area contributed by atoms with Crippen molar-refractivity contribution in [1.29, 1.82) is 0 Å². The van der Waals surface area contributed by atoms with Crippen molar-refractivity contribution >= 4 is 17.8 Å². The van der Waals surface area contributed by atoms with Crippen LogP contribution >= 0.6 is 0 Å². The van der Waals surface area contributed by atoms with E-state index in [1.807, 2.05) is 6.92 Å². The largest absolute Gasteiger partial charge is 0.493 e. The number of carbonyl (C=O) groups excluding carboxylic acids is 3. The maximum Gasteiger partial charge on any atom is 0.329 e. The molecule has 4 rings (SSSR count). The van der Waals surface area contributed by atoms with Gasteiger partial charge in [-0.15, -0.1) is 0 Å². The predicted molar refractivity (Wildman–Crippen MR) is 146 cm³/mol. The van der Waals surface area contributed by atoms with Gasteiger partial charge in [0.1, 0.15) is 12.1 Å². The van der Waals surface area contributed by atoms with Crippen molar-refractivity contribution in [2.45, 2.75) is 103 Å². The summed E-state index contributed by atoms with van der Waals surface area (Å²) in [5.74, 6) is 0.266. The lowest BCUT2D eigenvalue weighted by atomic mass is 9.78. The van der Waals surface area contributed by atoms with E-state index in [9.17, 15) is 14.4 Å². The number of amides is 1. The standard InChI is InChI=1S/C30H44N2O8/c1-19-27(37-17-22-12-13-22)23(16-21-8-5-4-6-9-21)10-7-11-24(30(35)40-19)32-29(34)26-28(39-18-38-20(2)33)25(36-3)14-15-31-26/h14-15,19,21-24,27H,4-13,16-18H2,1-3H3,(H,32,34)/t19-,23+,24-,27-/m0/s1. The van der Waals surface area contributed by atoms with Crippen molar-refractivity contribution in [3.8, 4) is 11.5 Å². The van der Waals surface area contributed by atoms with Gasteiger partial charge in [-0.25, -0.2) is 9.78 Å². The van der Waals surface area contributed by atoms with Crippen molar-refractivity contribution in [1.82, 2.24) is 10.3 Å². The van der Waals surface area contributed by atoms with E-state index in [-0.39, 0.29) is 23.3 Å². The average molecular weight is 561 g/mol. The Kier molecular flexibility index (Phi) is 11.0. The number of cyclic esters (lactones) is 1. The Bertz CT molecular complexity index is 1010. The second kappa shape index (κ2) is 14.7. The number of rotatable bonds is 11. The molecule has 1 N–H and O–H groups in total. The molecule has 0 bridgehead atoms. The highest BCUT2D eigenvalue weighted by molar-refractivity contribution is 5.98. The van der Waals surface area contributed by atoms with Crippen LogP contribution in [0, 0.1) is 17.8 Å². The quantitative estimate of drug-likeness (QED) is 0.306. The van der Waals surface area contributed by atoms with Crippen LogP contribution in [0.4, 0.5) is 0 Å². The van der Waals surface area contributed by atoms with Crippen LogP contribution in [0.15, 0.2) is 12.3 Å². The van der Waals surface area contributed by atoms with Crippen LogP contribution < -0.4 is 14.8 Å². The molecule has 4 atom stereocenters. The normalized spacial score (nSPS) is 26.0. The van der Waals surface area contributed by atoms with E-state index < -0.39 is 36.8 Å². The number of pyridine rings is 1. The fraction of sp³-hybridized carbons (Fsp3) is 0.733. The van der Waals surface area contributed by atoms with Crippen molar-refractivity contribution in [2.24, 2.45) is 17.8 Å². The molecule has 1 aliphatic heterocycles. The zero-order valence-corrected chi connectivity index (χ0v) is 24.0. The van der Waals surface area contributed by atoms with E-state index in [4.69, 9.17) is 23.7 Å². The molecule has 0 unspecified atom stereocenters. The van der Waals surface area contributed by atoms with Gasteiger partial charge in [-0.2, -0.15) is 0 Å². The molecule has 2 heterocycles. The van der Waals surface area contributed by atoms with Gasteiger partial charge in [-0.1, -0.05) is 38.5 Å². The van der Waals surface area contributed by atoms with Gasteiger partial charge in [0.2, 0.25) is 6.79 Å². The van der Waals surface area contributed by atoms with Gasteiger partial charge in [-0.3, -0.25) is 9.59 Å². The summed E-state index contributed by atoms with van der Waals surface area (Å²) < 4.78 is 28.1. The molecule has 1 saturated heterocycles. The highest BCUT2D eigenvalue weighted by atomic mass is 16.7. The summed E-state index contributed by atoms with van der Waals surface area (Å²) in [6, 6.07) is 0.686. The second-order valence-corrected chi connectivity index (χ2v) is 11.4. The number of hydrogen-bond acceptors (Lipinski definition) is 9. The average Bonchev–Trinajstić information content (AvgIpc) is 3.76. The molecule has 2 saturated carbocycles. The lowest BCUT2D eigenvalue weighted by molar-refractivity contribution is -0.161. The maximum atomic E-state index is 13.3. The molecule has 10 heteroatoms. The Morgan fingerprint density at radius 3 is 2.52 bits per heavy atom. The Morgan fingerprint density at radius 1 is 1.05 bits per heavy atom. The molecule has 222 valence electrons.